The molecule has 0 saturated carbocycles. The Balaban J connectivity index is 1.96. The Bertz CT molecular complexity index is 1170. The number of fused-ring (bicyclic) bond motifs is 1. The third-order valence-corrected chi connectivity index (χ3v) is 5.29. The van der Waals surface area contributed by atoms with Crippen LogP contribution in [-0.4, -0.2) is 34.9 Å². The lowest BCUT2D eigenvalue weighted by Gasteiger charge is -2.29. The van der Waals surface area contributed by atoms with Crippen LogP contribution in [0.2, 0.25) is 5.02 Å². The molecule has 4 rings (SSSR count). The van der Waals surface area contributed by atoms with Crippen LogP contribution in [0, 0.1) is 0 Å². The number of rotatable bonds is 5. The Morgan fingerprint density at radius 3 is 2.60 bits per heavy atom. The van der Waals surface area contributed by atoms with Gasteiger partial charge >= 0.3 is 0 Å². The highest BCUT2D eigenvalue weighted by Gasteiger charge is 2.36. The number of nitrogens with one attached hydrogen (secondary N) is 1. The summed E-state index contributed by atoms with van der Waals surface area (Å²) in [5, 5.41) is 8.30. The number of allylic oxidation sites excluding steroid dienone is 1. The van der Waals surface area contributed by atoms with E-state index in [0.29, 0.717) is 50.7 Å². The normalized spacial score (nSPS) is 15.4. The van der Waals surface area contributed by atoms with Crippen molar-refractivity contribution >= 4 is 23.5 Å². The molecule has 1 aliphatic heterocycles. The van der Waals surface area contributed by atoms with E-state index in [1.54, 1.807) is 38.0 Å². The van der Waals surface area contributed by atoms with Crippen molar-refractivity contribution in [3.05, 3.63) is 64.3 Å². The van der Waals surface area contributed by atoms with Crippen LogP contribution in [0.25, 0.3) is 11.4 Å². The van der Waals surface area contributed by atoms with Crippen molar-refractivity contribution in [1.29, 1.82) is 0 Å². The van der Waals surface area contributed by atoms with Crippen LogP contribution in [0.1, 0.15) is 18.5 Å². The average molecular weight is 426 g/mol. The molecule has 8 nitrogen and oxygen atoms in total. The molecule has 0 aliphatic carbocycles. The zero-order valence-electron chi connectivity index (χ0n) is 16.6. The number of halogens is 1. The number of benzene rings is 2. The summed E-state index contributed by atoms with van der Waals surface area (Å²) < 4.78 is 12.7. The first-order valence-electron chi connectivity index (χ1n) is 9.16. The van der Waals surface area contributed by atoms with Gasteiger partial charge in [-0.1, -0.05) is 35.9 Å². The number of ether oxygens (including phenoxy) is 2. The van der Waals surface area contributed by atoms with E-state index in [1.807, 2.05) is 30.3 Å². The predicted molar refractivity (Wildman–Crippen MR) is 114 cm³/mol. The average Bonchev–Trinajstić information content (AvgIpc) is 3.15. The minimum Gasteiger partial charge on any atom is -0.493 e. The van der Waals surface area contributed by atoms with Gasteiger partial charge in [0.05, 0.1) is 24.8 Å². The van der Waals surface area contributed by atoms with Crippen LogP contribution in [-0.2, 0) is 4.79 Å². The first-order valence-corrected chi connectivity index (χ1v) is 9.54. The number of anilines is 1. The number of nitrogens with two attached hydrogens (primary N) is 1. The minimum atomic E-state index is -0.660. The van der Waals surface area contributed by atoms with Crippen molar-refractivity contribution in [1.82, 2.24) is 14.8 Å². The van der Waals surface area contributed by atoms with Crippen LogP contribution in [0.3, 0.4) is 0 Å². The number of carbonyl (C=O) groups is 1. The van der Waals surface area contributed by atoms with Gasteiger partial charge in [-0.3, -0.25) is 4.79 Å². The maximum atomic E-state index is 12.4. The number of para-hydroxylation sites is 1. The molecule has 0 spiro atoms. The Morgan fingerprint density at radius 2 is 1.93 bits per heavy atom. The summed E-state index contributed by atoms with van der Waals surface area (Å²) in [7, 11) is 3.09. The molecule has 1 unspecified atom stereocenters. The van der Waals surface area contributed by atoms with Crippen molar-refractivity contribution in [2.24, 2.45) is 5.73 Å². The fraction of sp³-hybridized carbons (Fsp3) is 0.190. The fourth-order valence-electron chi connectivity index (χ4n) is 3.64. The zero-order chi connectivity index (χ0) is 21.4. The second-order valence-electron chi connectivity index (χ2n) is 6.70. The summed E-state index contributed by atoms with van der Waals surface area (Å²) in [4.78, 5) is 17.0. The topological polar surface area (TPSA) is 104 Å². The summed E-state index contributed by atoms with van der Waals surface area (Å²) in [6.07, 6.45) is 0. The van der Waals surface area contributed by atoms with E-state index in [9.17, 15) is 4.79 Å². The lowest BCUT2D eigenvalue weighted by molar-refractivity contribution is -0.115. The van der Waals surface area contributed by atoms with Gasteiger partial charge in [-0.05, 0) is 25.1 Å². The molecule has 3 aromatic rings. The fourth-order valence-corrected chi connectivity index (χ4v) is 3.86. The van der Waals surface area contributed by atoms with E-state index < -0.39 is 11.9 Å². The number of carbonyl (C=O) groups excluding carboxylic acids is 1. The molecule has 1 amide bonds. The molecule has 1 aliphatic rings. The highest BCUT2D eigenvalue weighted by Crippen LogP contribution is 2.43. The van der Waals surface area contributed by atoms with Gasteiger partial charge < -0.3 is 20.5 Å². The summed E-state index contributed by atoms with van der Waals surface area (Å²) in [6, 6.07) is 12.1. The lowest BCUT2D eigenvalue weighted by Crippen LogP contribution is -2.32. The van der Waals surface area contributed by atoms with Crippen molar-refractivity contribution < 1.29 is 14.3 Å². The van der Waals surface area contributed by atoms with Crippen molar-refractivity contribution in [3.63, 3.8) is 0 Å². The van der Waals surface area contributed by atoms with E-state index in [0.717, 1.165) is 0 Å². The standard InChI is InChI=1S/C21H20ClN5O3/c1-11-16(19(23)28)17(13-8-6-10-15(29-2)18(13)30-3)27-21(24-11)25-20(26-27)12-7-4-5-9-14(12)22/h4-10,17H,1-3H3,(H2,23,28)(H,24,25,26). The Labute approximate surface area is 178 Å². The molecule has 2 aromatic carbocycles. The van der Waals surface area contributed by atoms with Gasteiger partial charge in [0.25, 0.3) is 0 Å². The molecule has 0 radical (unpaired) electrons. The third-order valence-electron chi connectivity index (χ3n) is 4.96. The van der Waals surface area contributed by atoms with Gasteiger partial charge in [0.2, 0.25) is 11.9 Å². The molecule has 1 aromatic heterocycles. The van der Waals surface area contributed by atoms with Crippen LogP contribution in [0.15, 0.2) is 53.7 Å². The molecule has 1 atom stereocenters. The van der Waals surface area contributed by atoms with E-state index in [1.165, 1.54) is 0 Å². The quantitative estimate of drug-likeness (QED) is 0.649. The number of methoxy groups -OCH3 is 2. The van der Waals surface area contributed by atoms with E-state index >= 15 is 0 Å². The molecule has 154 valence electrons. The van der Waals surface area contributed by atoms with E-state index in [2.05, 4.69) is 15.4 Å². The third kappa shape index (κ3) is 3.15. The first-order chi connectivity index (χ1) is 14.5. The maximum absolute atomic E-state index is 12.4. The molecule has 30 heavy (non-hydrogen) atoms. The Morgan fingerprint density at radius 1 is 1.17 bits per heavy atom. The molecule has 0 bridgehead atoms. The summed E-state index contributed by atoms with van der Waals surface area (Å²) in [6.45, 7) is 1.77. The number of aromatic nitrogens is 3. The van der Waals surface area contributed by atoms with Gasteiger partial charge in [0, 0.05) is 16.8 Å². The molecule has 2 heterocycles. The number of primary amides is 1. The lowest BCUT2D eigenvalue weighted by atomic mass is 9.94. The van der Waals surface area contributed by atoms with E-state index in [-0.39, 0.29) is 0 Å². The van der Waals surface area contributed by atoms with Crippen molar-refractivity contribution in [2.45, 2.75) is 13.0 Å². The van der Waals surface area contributed by atoms with Crippen LogP contribution < -0.4 is 20.5 Å². The number of amides is 1. The van der Waals surface area contributed by atoms with Gasteiger partial charge in [-0.2, -0.15) is 4.98 Å². The van der Waals surface area contributed by atoms with Crippen molar-refractivity contribution in [2.75, 3.05) is 19.5 Å². The summed E-state index contributed by atoms with van der Waals surface area (Å²) >= 11 is 6.34. The largest absolute Gasteiger partial charge is 0.493 e. The molecule has 3 N–H and O–H groups in total. The highest BCUT2D eigenvalue weighted by molar-refractivity contribution is 6.33. The van der Waals surface area contributed by atoms with Crippen LogP contribution in [0.4, 0.5) is 5.95 Å². The number of nitrogens with zero attached hydrogens (tertiary/aromatic N) is 3. The molecule has 9 heteroatoms. The van der Waals surface area contributed by atoms with Crippen LogP contribution in [0.5, 0.6) is 11.5 Å². The van der Waals surface area contributed by atoms with Gasteiger partial charge in [-0.15, -0.1) is 5.10 Å². The Kier molecular flexibility index (Phi) is 5.09. The first kappa shape index (κ1) is 19.8. The Hall–Kier alpha value is -3.52. The summed E-state index contributed by atoms with van der Waals surface area (Å²) in [5.74, 6) is 1.33. The zero-order valence-corrected chi connectivity index (χ0v) is 17.4. The second kappa shape index (κ2) is 7.72. The van der Waals surface area contributed by atoms with Crippen LogP contribution >= 0.6 is 11.6 Å². The smallest absolute Gasteiger partial charge is 0.248 e. The maximum Gasteiger partial charge on any atom is 0.248 e. The van der Waals surface area contributed by atoms with Crippen molar-refractivity contribution in [3.8, 4) is 22.9 Å². The van der Waals surface area contributed by atoms with Gasteiger partial charge in [-0.25, -0.2) is 4.68 Å². The second-order valence-corrected chi connectivity index (χ2v) is 7.10. The summed E-state index contributed by atoms with van der Waals surface area (Å²) in [5.41, 5.74) is 8.04. The number of hydrogen-bond acceptors (Lipinski definition) is 6. The number of hydrogen-bond donors (Lipinski definition) is 2. The van der Waals surface area contributed by atoms with E-state index in [4.69, 9.17) is 26.8 Å². The molecule has 0 fully saturated rings. The SMILES string of the molecule is COc1cccc(C2C(C(N)=O)=C(C)Nc3nc(-c4ccccc4Cl)nn32)c1OC. The minimum absolute atomic E-state index is 0.352. The van der Waals surface area contributed by atoms with Gasteiger partial charge in [0.15, 0.2) is 17.3 Å². The molecule has 0 saturated heterocycles. The monoisotopic (exact) mass is 425 g/mol. The van der Waals surface area contributed by atoms with Gasteiger partial charge in [0.1, 0.15) is 6.04 Å². The highest BCUT2D eigenvalue weighted by atomic mass is 35.5. The predicted octanol–water partition coefficient (Wildman–Crippen LogP) is 3.39. The molecular weight excluding hydrogens is 406 g/mol. The molecular formula is C21H20ClN5O3.